The molecular formula is C12H15NO2. The second-order valence-electron chi connectivity index (χ2n) is 4.14. The molecular weight excluding hydrogens is 190 g/mol. The fourth-order valence-corrected chi connectivity index (χ4v) is 2.32. The smallest absolute Gasteiger partial charge is 0.231 e. The maximum Gasteiger partial charge on any atom is 0.231 e. The van der Waals surface area contributed by atoms with Gasteiger partial charge in [0.15, 0.2) is 11.5 Å². The molecule has 0 bridgehead atoms. The van der Waals surface area contributed by atoms with Gasteiger partial charge < -0.3 is 14.8 Å². The molecule has 2 aliphatic heterocycles. The largest absolute Gasteiger partial charge is 0.454 e. The molecule has 1 aromatic rings. The van der Waals surface area contributed by atoms with E-state index in [0.717, 1.165) is 24.6 Å². The maximum atomic E-state index is 5.39. The molecule has 0 unspecified atom stereocenters. The van der Waals surface area contributed by atoms with Crippen molar-refractivity contribution in [3.8, 4) is 11.5 Å². The van der Waals surface area contributed by atoms with E-state index in [2.05, 4.69) is 17.4 Å². The Morgan fingerprint density at radius 2 is 1.87 bits per heavy atom. The Labute approximate surface area is 89.4 Å². The highest BCUT2D eigenvalue weighted by Gasteiger charge is 2.19. The van der Waals surface area contributed by atoms with Crippen molar-refractivity contribution in [3.05, 3.63) is 23.8 Å². The second kappa shape index (κ2) is 3.74. The van der Waals surface area contributed by atoms with Crippen LogP contribution in [0.1, 0.15) is 24.3 Å². The first-order chi connectivity index (χ1) is 7.43. The van der Waals surface area contributed by atoms with Crippen LogP contribution in [0.5, 0.6) is 11.5 Å². The van der Waals surface area contributed by atoms with E-state index in [1.54, 1.807) is 0 Å². The molecule has 1 N–H and O–H groups in total. The lowest BCUT2D eigenvalue weighted by molar-refractivity contribution is 0.174. The summed E-state index contributed by atoms with van der Waals surface area (Å²) in [5.41, 5.74) is 1.39. The molecule has 2 aliphatic rings. The van der Waals surface area contributed by atoms with Crippen molar-refractivity contribution >= 4 is 0 Å². The van der Waals surface area contributed by atoms with Gasteiger partial charge in [0.2, 0.25) is 6.79 Å². The first-order valence-electron chi connectivity index (χ1n) is 5.54. The summed E-state index contributed by atoms with van der Waals surface area (Å²) in [5.74, 6) is 2.47. The molecule has 15 heavy (non-hydrogen) atoms. The van der Waals surface area contributed by atoms with Crippen LogP contribution in [0, 0.1) is 0 Å². The molecule has 2 heterocycles. The van der Waals surface area contributed by atoms with Gasteiger partial charge in [0.1, 0.15) is 0 Å². The predicted molar refractivity (Wildman–Crippen MR) is 57.4 cm³/mol. The molecule has 0 amide bonds. The van der Waals surface area contributed by atoms with Gasteiger partial charge >= 0.3 is 0 Å². The minimum absolute atomic E-state index is 0.366. The monoisotopic (exact) mass is 205 g/mol. The zero-order valence-corrected chi connectivity index (χ0v) is 8.66. The Balaban J connectivity index is 1.85. The van der Waals surface area contributed by atoms with Gasteiger partial charge in [0.25, 0.3) is 0 Å². The molecule has 80 valence electrons. The van der Waals surface area contributed by atoms with E-state index < -0.39 is 0 Å². The Kier molecular flexibility index (Phi) is 2.25. The van der Waals surface area contributed by atoms with E-state index in [-0.39, 0.29) is 0 Å². The van der Waals surface area contributed by atoms with Crippen molar-refractivity contribution in [2.75, 3.05) is 19.9 Å². The van der Waals surface area contributed by atoms with Crippen LogP contribution >= 0.6 is 0 Å². The Bertz CT molecular complexity index is 359. The molecule has 0 aliphatic carbocycles. The van der Waals surface area contributed by atoms with Gasteiger partial charge in [-0.1, -0.05) is 6.07 Å². The number of hydrogen-bond donors (Lipinski definition) is 1. The summed E-state index contributed by atoms with van der Waals surface area (Å²) in [6.45, 7) is 2.61. The third-order valence-corrected chi connectivity index (χ3v) is 3.21. The second-order valence-corrected chi connectivity index (χ2v) is 4.14. The highest BCUT2D eigenvalue weighted by atomic mass is 16.7. The lowest BCUT2D eigenvalue weighted by atomic mass is 9.90. The van der Waals surface area contributed by atoms with Gasteiger partial charge in [-0.2, -0.15) is 0 Å². The van der Waals surface area contributed by atoms with Gasteiger partial charge in [-0.25, -0.2) is 0 Å². The molecule has 1 fully saturated rings. The Morgan fingerprint density at radius 3 is 2.73 bits per heavy atom. The van der Waals surface area contributed by atoms with E-state index in [0.29, 0.717) is 12.7 Å². The fraction of sp³-hybridized carbons (Fsp3) is 0.500. The predicted octanol–water partition coefficient (Wildman–Crippen LogP) is 1.88. The zero-order chi connectivity index (χ0) is 10.1. The molecule has 3 rings (SSSR count). The fourth-order valence-electron chi connectivity index (χ4n) is 2.32. The number of rotatable bonds is 1. The third-order valence-electron chi connectivity index (χ3n) is 3.21. The van der Waals surface area contributed by atoms with E-state index in [4.69, 9.17) is 9.47 Å². The number of ether oxygens (including phenoxy) is 2. The highest BCUT2D eigenvalue weighted by molar-refractivity contribution is 5.45. The zero-order valence-electron chi connectivity index (χ0n) is 8.66. The summed E-state index contributed by atoms with van der Waals surface area (Å²) in [7, 11) is 0. The van der Waals surface area contributed by atoms with E-state index in [9.17, 15) is 0 Å². The van der Waals surface area contributed by atoms with Gasteiger partial charge in [0.05, 0.1) is 0 Å². The van der Waals surface area contributed by atoms with Crippen LogP contribution in [0.3, 0.4) is 0 Å². The minimum atomic E-state index is 0.366. The topological polar surface area (TPSA) is 30.5 Å². The molecule has 0 aromatic heterocycles. The van der Waals surface area contributed by atoms with Crippen LogP contribution in [0.15, 0.2) is 18.2 Å². The summed E-state index contributed by atoms with van der Waals surface area (Å²) in [5, 5.41) is 3.38. The van der Waals surface area contributed by atoms with E-state index in [1.807, 2.05) is 6.07 Å². The number of nitrogens with one attached hydrogen (secondary N) is 1. The van der Waals surface area contributed by atoms with Crippen LogP contribution in [-0.2, 0) is 0 Å². The minimum Gasteiger partial charge on any atom is -0.454 e. The van der Waals surface area contributed by atoms with E-state index >= 15 is 0 Å². The van der Waals surface area contributed by atoms with Gasteiger partial charge in [-0.15, -0.1) is 0 Å². The molecule has 1 saturated heterocycles. The number of fused-ring (bicyclic) bond motifs is 1. The average Bonchev–Trinajstić information content (AvgIpc) is 2.77. The summed E-state index contributed by atoms with van der Waals surface area (Å²) >= 11 is 0. The molecule has 0 radical (unpaired) electrons. The average molecular weight is 205 g/mol. The summed E-state index contributed by atoms with van der Waals surface area (Å²) in [4.78, 5) is 0. The first kappa shape index (κ1) is 9.04. The third kappa shape index (κ3) is 1.67. The summed E-state index contributed by atoms with van der Waals surface area (Å²) in [6, 6.07) is 6.33. The van der Waals surface area contributed by atoms with Crippen LogP contribution in [0.25, 0.3) is 0 Å². The molecule has 0 spiro atoms. The van der Waals surface area contributed by atoms with Crippen LogP contribution in [0.4, 0.5) is 0 Å². The molecule has 0 saturated carbocycles. The van der Waals surface area contributed by atoms with Crippen molar-refractivity contribution in [2.24, 2.45) is 0 Å². The Hall–Kier alpha value is -1.22. The summed E-state index contributed by atoms with van der Waals surface area (Å²) in [6.07, 6.45) is 2.44. The Morgan fingerprint density at radius 1 is 1.07 bits per heavy atom. The van der Waals surface area contributed by atoms with E-state index in [1.165, 1.54) is 18.4 Å². The standard InChI is InChI=1S/C12H15NO2/c1-2-11-12(15-8-14-11)7-10(1)9-3-5-13-6-4-9/h1-2,7,9,13H,3-6,8H2. The molecule has 1 aromatic carbocycles. The lowest BCUT2D eigenvalue weighted by Crippen LogP contribution is -2.26. The molecule has 3 nitrogen and oxygen atoms in total. The van der Waals surface area contributed by atoms with Crippen molar-refractivity contribution in [1.29, 1.82) is 0 Å². The van der Waals surface area contributed by atoms with Crippen molar-refractivity contribution in [2.45, 2.75) is 18.8 Å². The van der Waals surface area contributed by atoms with Crippen molar-refractivity contribution in [3.63, 3.8) is 0 Å². The number of hydrogen-bond acceptors (Lipinski definition) is 3. The molecule has 0 atom stereocenters. The SMILES string of the molecule is c1cc2c(cc1C1CCNCC1)OCO2. The van der Waals surface area contributed by atoms with Crippen molar-refractivity contribution < 1.29 is 9.47 Å². The molecule has 3 heteroatoms. The van der Waals surface area contributed by atoms with Crippen LogP contribution in [0.2, 0.25) is 0 Å². The van der Waals surface area contributed by atoms with Gasteiger partial charge in [0, 0.05) is 0 Å². The van der Waals surface area contributed by atoms with Gasteiger partial charge in [-0.3, -0.25) is 0 Å². The lowest BCUT2D eigenvalue weighted by Gasteiger charge is -2.23. The highest BCUT2D eigenvalue weighted by Crippen LogP contribution is 2.36. The number of benzene rings is 1. The van der Waals surface area contributed by atoms with Crippen LogP contribution < -0.4 is 14.8 Å². The maximum absolute atomic E-state index is 5.39. The van der Waals surface area contributed by atoms with Crippen molar-refractivity contribution in [1.82, 2.24) is 5.32 Å². The summed E-state index contributed by atoms with van der Waals surface area (Å²) < 4.78 is 10.7. The first-order valence-corrected chi connectivity index (χ1v) is 5.54. The quantitative estimate of drug-likeness (QED) is 0.759. The van der Waals surface area contributed by atoms with Crippen LogP contribution in [-0.4, -0.2) is 19.9 Å². The van der Waals surface area contributed by atoms with Gasteiger partial charge in [-0.05, 0) is 49.5 Å². The normalized spacial score (nSPS) is 20.5. The number of piperidine rings is 1.